The van der Waals surface area contributed by atoms with Gasteiger partial charge < -0.3 is 19.9 Å². The highest BCUT2D eigenvalue weighted by Gasteiger charge is 2.12. The smallest absolute Gasteiger partial charge is 0.290 e. The lowest BCUT2D eigenvalue weighted by Gasteiger charge is -2.16. The second-order valence-corrected chi connectivity index (χ2v) is 6.01. The summed E-state index contributed by atoms with van der Waals surface area (Å²) in [4.78, 5) is 19.1. The van der Waals surface area contributed by atoms with Crippen LogP contribution in [0, 0.1) is 6.92 Å². The lowest BCUT2D eigenvalue weighted by Crippen LogP contribution is -2.02. The van der Waals surface area contributed by atoms with E-state index < -0.39 is 0 Å². The van der Waals surface area contributed by atoms with E-state index in [-0.39, 0.29) is 6.47 Å². The summed E-state index contributed by atoms with van der Waals surface area (Å²) in [5.41, 5.74) is 5.16. The van der Waals surface area contributed by atoms with E-state index in [0.717, 1.165) is 53.1 Å². The highest BCUT2D eigenvalue weighted by atomic mass is 16.5. The molecule has 0 aliphatic rings. The number of rotatable bonds is 10. The fraction of sp³-hybridized carbons (Fsp3) is 0.417. The van der Waals surface area contributed by atoms with Crippen LogP contribution in [0.3, 0.4) is 0 Å². The van der Waals surface area contributed by atoms with E-state index in [0.29, 0.717) is 19.6 Å². The van der Waals surface area contributed by atoms with Crippen molar-refractivity contribution < 1.29 is 24.2 Å². The molecule has 2 rings (SSSR count). The molecule has 1 amide bonds. The van der Waals surface area contributed by atoms with Crippen LogP contribution < -0.4 is 10.1 Å². The first-order valence-corrected chi connectivity index (χ1v) is 10.3. The summed E-state index contributed by atoms with van der Waals surface area (Å²) in [5.74, 6) is 0.896. The monoisotopic (exact) mass is 417 g/mol. The Bertz CT molecular complexity index is 746. The van der Waals surface area contributed by atoms with Crippen molar-refractivity contribution in [2.24, 2.45) is 0 Å². The van der Waals surface area contributed by atoms with Gasteiger partial charge in [0.15, 0.2) is 0 Å². The molecular formula is C24H35NO5. The third-order valence-corrected chi connectivity index (χ3v) is 4.10. The van der Waals surface area contributed by atoms with Gasteiger partial charge in [0.1, 0.15) is 5.75 Å². The molecule has 0 atom stereocenters. The maximum atomic E-state index is 10.8. The number of benzene rings is 2. The van der Waals surface area contributed by atoms with Gasteiger partial charge in [-0.15, -0.1) is 0 Å². The standard InChI is InChI=1S/C21H27NO3.C2H6.CH2O2/c1-4-6-12-24-14-17-13-18(22-15-23)10-11-20(17)19-8-7-9-21(16(19)3)25-5-2;1-2;2-1-3/h7-11,13,15H,4-6,12,14H2,1-3H3,(H,22,23);1-2H3;1H,(H,2,3). The highest BCUT2D eigenvalue weighted by Crippen LogP contribution is 2.33. The Morgan fingerprint density at radius 2 is 1.77 bits per heavy atom. The van der Waals surface area contributed by atoms with Crippen LogP contribution in [-0.2, 0) is 20.9 Å². The summed E-state index contributed by atoms with van der Waals surface area (Å²) >= 11 is 0. The second-order valence-electron chi connectivity index (χ2n) is 6.01. The van der Waals surface area contributed by atoms with E-state index in [1.807, 2.05) is 51.1 Å². The summed E-state index contributed by atoms with van der Waals surface area (Å²) in [5, 5.41) is 9.60. The topological polar surface area (TPSA) is 84.9 Å². The van der Waals surface area contributed by atoms with Gasteiger partial charge in [-0.05, 0) is 60.7 Å². The Morgan fingerprint density at radius 1 is 1.07 bits per heavy atom. The summed E-state index contributed by atoms with van der Waals surface area (Å²) in [7, 11) is 0. The number of carboxylic acid groups (broad SMARTS) is 1. The molecule has 0 fully saturated rings. The van der Waals surface area contributed by atoms with Crippen LogP contribution in [0.5, 0.6) is 5.75 Å². The molecule has 0 aromatic heterocycles. The number of carbonyl (C=O) groups excluding carboxylic acids is 1. The summed E-state index contributed by atoms with van der Waals surface area (Å²) in [6.45, 7) is 11.8. The molecule has 30 heavy (non-hydrogen) atoms. The maximum absolute atomic E-state index is 10.8. The van der Waals surface area contributed by atoms with Crippen LogP contribution in [0.25, 0.3) is 11.1 Å². The Labute approximate surface area is 180 Å². The second kappa shape index (κ2) is 17.0. The number of hydrogen-bond donors (Lipinski definition) is 2. The number of nitrogens with one attached hydrogen (secondary N) is 1. The Balaban J connectivity index is 0.00000154. The first kappa shape index (κ1) is 27.1. The molecular weight excluding hydrogens is 382 g/mol. The fourth-order valence-electron chi connectivity index (χ4n) is 2.78. The Hall–Kier alpha value is -2.86. The molecule has 2 N–H and O–H groups in total. The molecule has 6 heteroatoms. The fourth-order valence-corrected chi connectivity index (χ4v) is 2.78. The molecule has 6 nitrogen and oxygen atoms in total. The lowest BCUT2D eigenvalue weighted by atomic mass is 9.95. The van der Waals surface area contributed by atoms with Crippen LogP contribution in [0.1, 0.15) is 51.7 Å². The third kappa shape index (κ3) is 9.09. The zero-order valence-corrected chi connectivity index (χ0v) is 18.7. The zero-order chi connectivity index (χ0) is 22.8. The van der Waals surface area contributed by atoms with Crippen molar-refractivity contribution in [3.05, 3.63) is 47.5 Å². The summed E-state index contributed by atoms with van der Waals surface area (Å²) < 4.78 is 11.5. The average Bonchev–Trinajstić information content (AvgIpc) is 2.76. The molecule has 0 saturated carbocycles. The third-order valence-electron chi connectivity index (χ3n) is 4.10. The van der Waals surface area contributed by atoms with Crippen LogP contribution in [0.4, 0.5) is 5.69 Å². The lowest BCUT2D eigenvalue weighted by molar-refractivity contribution is -0.122. The van der Waals surface area contributed by atoms with E-state index in [4.69, 9.17) is 19.4 Å². The molecule has 0 aliphatic heterocycles. The number of anilines is 1. The molecule has 0 unspecified atom stereocenters. The van der Waals surface area contributed by atoms with Crippen LogP contribution in [0.2, 0.25) is 0 Å². The van der Waals surface area contributed by atoms with E-state index in [1.54, 1.807) is 0 Å². The van der Waals surface area contributed by atoms with E-state index in [9.17, 15) is 4.79 Å². The number of unbranched alkanes of at least 4 members (excludes halogenated alkanes) is 1. The molecule has 0 saturated heterocycles. The first-order chi connectivity index (χ1) is 14.6. The minimum absolute atomic E-state index is 0.250. The van der Waals surface area contributed by atoms with Crippen LogP contribution >= 0.6 is 0 Å². The Kier molecular flexibility index (Phi) is 15.4. The van der Waals surface area contributed by atoms with Gasteiger partial charge in [-0.25, -0.2) is 0 Å². The van der Waals surface area contributed by atoms with Crippen molar-refractivity contribution in [2.45, 2.75) is 54.1 Å². The predicted octanol–water partition coefficient (Wildman–Crippen LogP) is 5.67. The van der Waals surface area contributed by atoms with Crippen molar-refractivity contribution in [3.63, 3.8) is 0 Å². The summed E-state index contributed by atoms with van der Waals surface area (Å²) in [6, 6.07) is 12.0. The average molecular weight is 418 g/mol. The first-order valence-electron chi connectivity index (χ1n) is 10.3. The summed E-state index contributed by atoms with van der Waals surface area (Å²) in [6.07, 6.45) is 2.84. The van der Waals surface area contributed by atoms with Gasteiger partial charge in [0, 0.05) is 12.3 Å². The minimum atomic E-state index is -0.250. The van der Waals surface area contributed by atoms with Gasteiger partial charge in [0.05, 0.1) is 13.2 Å². The van der Waals surface area contributed by atoms with Crippen molar-refractivity contribution in [3.8, 4) is 16.9 Å². The van der Waals surface area contributed by atoms with Gasteiger partial charge in [0.25, 0.3) is 6.47 Å². The molecule has 0 spiro atoms. The van der Waals surface area contributed by atoms with E-state index in [1.165, 1.54) is 0 Å². The van der Waals surface area contributed by atoms with Gasteiger partial charge in [-0.2, -0.15) is 0 Å². The van der Waals surface area contributed by atoms with Crippen molar-refractivity contribution in [1.29, 1.82) is 0 Å². The molecule has 2 aromatic carbocycles. The number of amides is 1. The van der Waals surface area contributed by atoms with Gasteiger partial charge in [-0.3, -0.25) is 9.59 Å². The van der Waals surface area contributed by atoms with Crippen molar-refractivity contribution in [1.82, 2.24) is 0 Å². The number of hydrogen-bond acceptors (Lipinski definition) is 4. The Morgan fingerprint density at radius 3 is 2.37 bits per heavy atom. The van der Waals surface area contributed by atoms with E-state index in [2.05, 4.69) is 25.2 Å². The van der Waals surface area contributed by atoms with Gasteiger partial charge in [-0.1, -0.05) is 45.4 Å². The van der Waals surface area contributed by atoms with Crippen molar-refractivity contribution in [2.75, 3.05) is 18.5 Å². The molecule has 0 aliphatic carbocycles. The highest BCUT2D eigenvalue weighted by molar-refractivity contribution is 5.78. The largest absolute Gasteiger partial charge is 0.494 e. The quantitative estimate of drug-likeness (QED) is 0.384. The van der Waals surface area contributed by atoms with Gasteiger partial charge >= 0.3 is 0 Å². The normalized spacial score (nSPS) is 9.37. The van der Waals surface area contributed by atoms with Crippen LogP contribution in [0.15, 0.2) is 36.4 Å². The molecule has 0 bridgehead atoms. The predicted molar refractivity (Wildman–Crippen MR) is 122 cm³/mol. The number of carbonyl (C=O) groups is 2. The molecule has 0 radical (unpaired) electrons. The van der Waals surface area contributed by atoms with Crippen molar-refractivity contribution >= 4 is 18.6 Å². The van der Waals surface area contributed by atoms with Gasteiger partial charge in [0.2, 0.25) is 6.41 Å². The molecule has 2 aromatic rings. The maximum Gasteiger partial charge on any atom is 0.290 e. The SMILES string of the molecule is CC.CCCCOCc1cc(NC=O)ccc1-c1cccc(OCC)c1C.O=CO. The molecule has 166 valence electrons. The van der Waals surface area contributed by atoms with E-state index >= 15 is 0 Å². The minimum Gasteiger partial charge on any atom is -0.494 e. The number of ether oxygens (including phenoxy) is 2. The zero-order valence-electron chi connectivity index (χ0n) is 18.7. The molecule has 0 heterocycles. The van der Waals surface area contributed by atoms with Crippen LogP contribution in [-0.4, -0.2) is 31.2 Å².